The molecule has 4 heteroatoms. The second-order valence-electron chi connectivity index (χ2n) is 8.30. The van der Waals surface area contributed by atoms with Crippen molar-refractivity contribution in [2.24, 2.45) is 0 Å². The van der Waals surface area contributed by atoms with E-state index in [-0.39, 0.29) is 0 Å². The average molecular weight is 373 g/mol. The summed E-state index contributed by atoms with van der Waals surface area (Å²) in [7, 11) is 2.20. The summed E-state index contributed by atoms with van der Waals surface area (Å²) >= 11 is 0. The fourth-order valence-corrected chi connectivity index (χ4v) is 4.42. The van der Waals surface area contributed by atoms with Crippen molar-refractivity contribution in [2.45, 2.75) is 44.2 Å². The minimum absolute atomic E-state index is 0.561. The van der Waals surface area contributed by atoms with Crippen molar-refractivity contribution < 1.29 is 0 Å². The normalized spacial score (nSPS) is 18.5. The Morgan fingerprint density at radius 1 is 0.964 bits per heavy atom. The molecule has 0 atom stereocenters. The van der Waals surface area contributed by atoms with Crippen molar-refractivity contribution in [1.29, 1.82) is 0 Å². The topological polar surface area (TPSA) is 32.3 Å². The van der Waals surface area contributed by atoms with Crippen molar-refractivity contribution in [3.63, 3.8) is 0 Å². The van der Waals surface area contributed by atoms with Crippen molar-refractivity contribution in [2.75, 3.05) is 25.0 Å². The Kier molecular flexibility index (Phi) is 4.73. The quantitative estimate of drug-likeness (QED) is 0.655. The van der Waals surface area contributed by atoms with Crippen molar-refractivity contribution in [3.05, 3.63) is 66.1 Å². The summed E-state index contributed by atoms with van der Waals surface area (Å²) < 4.78 is 0. The second kappa shape index (κ2) is 7.51. The summed E-state index contributed by atoms with van der Waals surface area (Å²) in [5.74, 6) is 2.73. The SMILES string of the molecule is CN(c1ccnc(C2CC2)n1)C1CCN(Cc2cccc3ccccc23)CC1. The lowest BCUT2D eigenvalue weighted by molar-refractivity contribution is 0.204. The minimum Gasteiger partial charge on any atom is -0.356 e. The minimum atomic E-state index is 0.561. The summed E-state index contributed by atoms with van der Waals surface area (Å²) in [6, 6.07) is 18.0. The van der Waals surface area contributed by atoms with E-state index in [1.807, 2.05) is 6.20 Å². The van der Waals surface area contributed by atoms with Gasteiger partial charge < -0.3 is 4.90 Å². The fraction of sp³-hybridized carbons (Fsp3) is 0.417. The number of fused-ring (bicyclic) bond motifs is 1. The lowest BCUT2D eigenvalue weighted by atomic mass is 10.0. The zero-order valence-corrected chi connectivity index (χ0v) is 16.6. The summed E-state index contributed by atoms with van der Waals surface area (Å²) in [6.45, 7) is 3.31. The molecule has 5 rings (SSSR count). The standard InChI is InChI=1S/C24H28N4/c1-27(23-11-14-25-24(26-23)19-9-10-19)21-12-15-28(16-13-21)17-20-7-4-6-18-5-2-3-8-22(18)20/h2-8,11,14,19,21H,9-10,12-13,15-17H2,1H3. The van der Waals surface area contributed by atoms with Gasteiger partial charge in [-0.1, -0.05) is 42.5 Å². The van der Waals surface area contributed by atoms with Gasteiger partial charge in [0.25, 0.3) is 0 Å². The van der Waals surface area contributed by atoms with Crippen LogP contribution in [0.4, 0.5) is 5.82 Å². The van der Waals surface area contributed by atoms with Crippen LogP contribution in [0.1, 0.15) is 43.0 Å². The van der Waals surface area contributed by atoms with Gasteiger partial charge in [0.1, 0.15) is 11.6 Å². The van der Waals surface area contributed by atoms with Gasteiger partial charge in [0.2, 0.25) is 0 Å². The molecule has 4 nitrogen and oxygen atoms in total. The molecule has 2 heterocycles. The Labute approximate surface area is 167 Å². The van der Waals surface area contributed by atoms with E-state index in [9.17, 15) is 0 Å². The van der Waals surface area contributed by atoms with Gasteiger partial charge in [0, 0.05) is 44.8 Å². The molecule has 0 spiro atoms. The number of hydrogen-bond donors (Lipinski definition) is 0. The van der Waals surface area contributed by atoms with Crippen molar-refractivity contribution >= 4 is 16.6 Å². The number of aromatic nitrogens is 2. The molecule has 2 aliphatic rings. The molecule has 0 radical (unpaired) electrons. The van der Waals surface area contributed by atoms with Crippen LogP contribution in [-0.4, -0.2) is 41.0 Å². The maximum Gasteiger partial charge on any atom is 0.133 e. The van der Waals surface area contributed by atoms with E-state index < -0.39 is 0 Å². The Morgan fingerprint density at radius 2 is 1.75 bits per heavy atom. The predicted octanol–water partition coefficient (Wildman–Crippen LogP) is 4.61. The van der Waals surface area contributed by atoms with E-state index in [1.54, 1.807) is 0 Å². The Balaban J connectivity index is 1.23. The van der Waals surface area contributed by atoms with Gasteiger partial charge in [-0.25, -0.2) is 9.97 Å². The van der Waals surface area contributed by atoms with Gasteiger partial charge in [0.15, 0.2) is 0 Å². The highest BCUT2D eigenvalue weighted by atomic mass is 15.2. The molecule has 1 aliphatic heterocycles. The Hall–Kier alpha value is -2.46. The maximum atomic E-state index is 4.83. The number of piperidine rings is 1. The fourth-order valence-electron chi connectivity index (χ4n) is 4.42. The van der Waals surface area contributed by atoms with E-state index in [1.165, 1.54) is 42.0 Å². The summed E-state index contributed by atoms with van der Waals surface area (Å²) in [4.78, 5) is 14.3. The largest absolute Gasteiger partial charge is 0.356 e. The van der Waals surface area contributed by atoms with E-state index >= 15 is 0 Å². The molecule has 2 aromatic carbocycles. The van der Waals surface area contributed by atoms with Crippen LogP contribution in [0.2, 0.25) is 0 Å². The van der Waals surface area contributed by atoms with E-state index in [0.717, 1.165) is 31.3 Å². The highest BCUT2D eigenvalue weighted by molar-refractivity contribution is 5.85. The molecule has 0 bridgehead atoms. The number of hydrogen-bond acceptors (Lipinski definition) is 4. The molecule has 3 aromatic rings. The Morgan fingerprint density at radius 3 is 2.57 bits per heavy atom. The summed E-state index contributed by atoms with van der Waals surface area (Å²) in [6.07, 6.45) is 6.80. The van der Waals surface area contributed by atoms with Crippen molar-refractivity contribution in [1.82, 2.24) is 14.9 Å². The molecule has 144 valence electrons. The molecule has 1 saturated carbocycles. The van der Waals surface area contributed by atoms with Crippen molar-refractivity contribution in [3.8, 4) is 0 Å². The van der Waals surface area contributed by atoms with Crippen LogP contribution in [-0.2, 0) is 6.54 Å². The zero-order valence-electron chi connectivity index (χ0n) is 16.6. The van der Waals surface area contributed by atoms with Gasteiger partial charge in [-0.3, -0.25) is 4.90 Å². The third-order valence-corrected chi connectivity index (χ3v) is 6.34. The lowest BCUT2D eigenvalue weighted by Crippen LogP contribution is -2.43. The first-order valence-corrected chi connectivity index (χ1v) is 10.5. The highest BCUT2D eigenvalue weighted by Gasteiger charge is 2.28. The Bertz CT molecular complexity index is 952. The van der Waals surface area contributed by atoms with Gasteiger partial charge >= 0.3 is 0 Å². The first kappa shape index (κ1) is 17.6. The third-order valence-electron chi connectivity index (χ3n) is 6.34. The molecule has 0 N–H and O–H groups in total. The molecule has 1 aromatic heterocycles. The lowest BCUT2D eigenvalue weighted by Gasteiger charge is -2.37. The summed E-state index contributed by atoms with van der Waals surface area (Å²) in [5, 5.41) is 2.72. The van der Waals surface area contributed by atoms with Crippen LogP contribution in [0.3, 0.4) is 0 Å². The molecular formula is C24H28N4. The molecule has 1 aliphatic carbocycles. The number of likely N-dealkylation sites (tertiary alicyclic amines) is 1. The number of anilines is 1. The van der Waals surface area contributed by atoms with Crippen LogP contribution in [0.5, 0.6) is 0 Å². The predicted molar refractivity (Wildman–Crippen MR) is 115 cm³/mol. The average Bonchev–Trinajstić information content (AvgIpc) is 3.60. The van der Waals surface area contributed by atoms with Gasteiger partial charge in [-0.2, -0.15) is 0 Å². The van der Waals surface area contributed by atoms with Crippen LogP contribution in [0.25, 0.3) is 10.8 Å². The molecular weight excluding hydrogens is 344 g/mol. The van der Waals surface area contributed by atoms with Gasteiger partial charge in [-0.05, 0) is 48.1 Å². The first-order valence-electron chi connectivity index (χ1n) is 10.5. The third kappa shape index (κ3) is 3.61. The molecule has 0 amide bonds. The summed E-state index contributed by atoms with van der Waals surface area (Å²) in [5.41, 5.74) is 1.44. The van der Waals surface area contributed by atoms with E-state index in [4.69, 9.17) is 4.98 Å². The van der Waals surface area contributed by atoms with Crippen LogP contribution in [0, 0.1) is 0 Å². The molecule has 0 unspecified atom stereocenters. The van der Waals surface area contributed by atoms with E-state index in [0.29, 0.717) is 12.0 Å². The number of rotatable bonds is 5. The number of nitrogens with zero attached hydrogens (tertiary/aromatic N) is 4. The van der Waals surface area contributed by atoms with E-state index in [2.05, 4.69) is 70.4 Å². The first-order chi connectivity index (χ1) is 13.8. The highest BCUT2D eigenvalue weighted by Crippen LogP contribution is 2.38. The molecule has 28 heavy (non-hydrogen) atoms. The van der Waals surface area contributed by atoms with Crippen LogP contribution in [0.15, 0.2) is 54.7 Å². The molecule has 2 fully saturated rings. The van der Waals surface area contributed by atoms with Crippen LogP contribution < -0.4 is 4.90 Å². The number of benzene rings is 2. The van der Waals surface area contributed by atoms with Gasteiger partial charge in [-0.15, -0.1) is 0 Å². The van der Waals surface area contributed by atoms with Gasteiger partial charge in [0.05, 0.1) is 0 Å². The monoisotopic (exact) mass is 372 g/mol. The maximum absolute atomic E-state index is 4.83. The molecule has 1 saturated heterocycles. The van der Waals surface area contributed by atoms with Crippen LogP contribution >= 0.6 is 0 Å². The second-order valence-corrected chi connectivity index (χ2v) is 8.30. The smallest absolute Gasteiger partial charge is 0.133 e. The zero-order chi connectivity index (χ0) is 18.9.